The number of carbonyl (C=O) groups excluding carboxylic acids is 2. The van der Waals surface area contributed by atoms with Crippen LogP contribution in [0, 0.1) is 6.92 Å². The number of nitrogens with one attached hydrogen (secondary N) is 1. The zero-order valence-electron chi connectivity index (χ0n) is 16.9. The zero-order valence-corrected chi connectivity index (χ0v) is 16.9. The highest BCUT2D eigenvalue weighted by Crippen LogP contribution is 2.25. The molecule has 0 atom stereocenters. The fraction of sp³-hybridized carbons (Fsp3) is 0.292. The van der Waals surface area contributed by atoms with Gasteiger partial charge < -0.3 is 14.5 Å². The number of benzene rings is 2. The van der Waals surface area contributed by atoms with Crippen LogP contribution in [0.3, 0.4) is 0 Å². The standard InChI is InChI=1S/C24H24N2O4/c1-16-5-7-18(8-6-16)21-14-25-23(30-21)11-12-24(28)29-15-22(27)26-20-10-9-17-3-2-4-19(17)13-20/h5-10,13-14H,2-4,11-12,15H2,1H3,(H,26,27). The van der Waals surface area contributed by atoms with E-state index in [4.69, 9.17) is 9.15 Å². The third-order valence-corrected chi connectivity index (χ3v) is 5.18. The summed E-state index contributed by atoms with van der Waals surface area (Å²) in [6.07, 6.45) is 5.35. The summed E-state index contributed by atoms with van der Waals surface area (Å²) in [5.74, 6) is 0.311. The maximum Gasteiger partial charge on any atom is 0.306 e. The van der Waals surface area contributed by atoms with E-state index in [0.717, 1.165) is 30.5 Å². The molecule has 1 N–H and O–H groups in total. The molecule has 0 saturated heterocycles. The Balaban J connectivity index is 1.21. The number of oxazole rings is 1. The lowest BCUT2D eigenvalue weighted by Gasteiger charge is -2.08. The molecule has 0 unspecified atom stereocenters. The predicted octanol–water partition coefficient (Wildman–Crippen LogP) is 4.25. The Morgan fingerprint density at radius 3 is 2.73 bits per heavy atom. The number of rotatable bonds is 7. The molecule has 0 fully saturated rings. The van der Waals surface area contributed by atoms with Gasteiger partial charge in [-0.2, -0.15) is 0 Å². The fourth-order valence-electron chi connectivity index (χ4n) is 3.55. The number of hydrogen-bond donors (Lipinski definition) is 1. The van der Waals surface area contributed by atoms with E-state index in [1.807, 2.05) is 49.4 Å². The van der Waals surface area contributed by atoms with E-state index in [-0.39, 0.29) is 18.9 Å². The van der Waals surface area contributed by atoms with Gasteiger partial charge in [0.25, 0.3) is 5.91 Å². The van der Waals surface area contributed by atoms with Gasteiger partial charge >= 0.3 is 5.97 Å². The number of carbonyl (C=O) groups is 2. The Kier molecular flexibility index (Phi) is 5.93. The first-order chi connectivity index (χ1) is 14.6. The quantitative estimate of drug-likeness (QED) is 0.595. The van der Waals surface area contributed by atoms with Crippen molar-refractivity contribution in [2.75, 3.05) is 11.9 Å². The first-order valence-corrected chi connectivity index (χ1v) is 10.2. The van der Waals surface area contributed by atoms with Gasteiger partial charge in [0.05, 0.1) is 12.6 Å². The van der Waals surface area contributed by atoms with Crippen molar-refractivity contribution < 1.29 is 18.7 Å². The van der Waals surface area contributed by atoms with Crippen LogP contribution in [0.2, 0.25) is 0 Å². The van der Waals surface area contributed by atoms with E-state index in [9.17, 15) is 9.59 Å². The van der Waals surface area contributed by atoms with Gasteiger partial charge in [-0.25, -0.2) is 4.98 Å². The summed E-state index contributed by atoms with van der Waals surface area (Å²) in [6, 6.07) is 13.9. The van der Waals surface area contributed by atoms with E-state index in [1.165, 1.54) is 16.7 Å². The Morgan fingerprint density at radius 2 is 1.90 bits per heavy atom. The largest absolute Gasteiger partial charge is 0.456 e. The van der Waals surface area contributed by atoms with Gasteiger partial charge in [-0.1, -0.05) is 35.9 Å². The van der Waals surface area contributed by atoms with Crippen LogP contribution in [0.5, 0.6) is 0 Å². The molecule has 1 amide bonds. The molecule has 6 nitrogen and oxygen atoms in total. The number of aromatic nitrogens is 1. The van der Waals surface area contributed by atoms with E-state index >= 15 is 0 Å². The number of nitrogens with zero attached hydrogens (tertiary/aromatic N) is 1. The summed E-state index contributed by atoms with van der Waals surface area (Å²) in [5.41, 5.74) is 5.46. The smallest absolute Gasteiger partial charge is 0.306 e. The van der Waals surface area contributed by atoms with Crippen LogP contribution in [0.15, 0.2) is 53.1 Å². The molecule has 4 rings (SSSR count). The minimum absolute atomic E-state index is 0.0972. The van der Waals surface area contributed by atoms with Crippen LogP contribution in [-0.4, -0.2) is 23.5 Å². The average Bonchev–Trinajstić information content (AvgIpc) is 3.40. The normalized spacial score (nSPS) is 12.4. The predicted molar refractivity (Wildman–Crippen MR) is 113 cm³/mol. The van der Waals surface area contributed by atoms with Gasteiger partial charge in [0.2, 0.25) is 0 Å². The van der Waals surface area contributed by atoms with E-state index in [1.54, 1.807) is 6.20 Å². The SMILES string of the molecule is Cc1ccc(-c2cnc(CCC(=O)OCC(=O)Nc3ccc4c(c3)CCC4)o2)cc1. The second kappa shape index (κ2) is 8.95. The maximum atomic E-state index is 12.1. The highest BCUT2D eigenvalue weighted by Gasteiger charge is 2.14. The number of amides is 1. The molecule has 0 saturated carbocycles. The third-order valence-electron chi connectivity index (χ3n) is 5.18. The fourth-order valence-corrected chi connectivity index (χ4v) is 3.55. The molecular formula is C24H24N2O4. The first kappa shape index (κ1) is 19.9. The van der Waals surface area contributed by atoms with E-state index < -0.39 is 5.97 Å². The number of fused-ring (bicyclic) bond motifs is 1. The molecule has 30 heavy (non-hydrogen) atoms. The monoisotopic (exact) mass is 404 g/mol. The van der Waals surface area contributed by atoms with Crippen LogP contribution in [0.25, 0.3) is 11.3 Å². The van der Waals surface area contributed by atoms with Gasteiger partial charge in [-0.15, -0.1) is 0 Å². The molecule has 3 aromatic rings. The van der Waals surface area contributed by atoms with Gasteiger partial charge in [0, 0.05) is 17.7 Å². The van der Waals surface area contributed by atoms with Crippen molar-refractivity contribution in [3.8, 4) is 11.3 Å². The third kappa shape index (κ3) is 4.95. The van der Waals surface area contributed by atoms with Gasteiger partial charge in [0.15, 0.2) is 18.3 Å². The number of ether oxygens (including phenoxy) is 1. The lowest BCUT2D eigenvalue weighted by molar-refractivity contribution is -0.147. The van der Waals surface area contributed by atoms with Crippen molar-refractivity contribution in [1.29, 1.82) is 0 Å². The Morgan fingerprint density at radius 1 is 1.10 bits per heavy atom. The van der Waals surface area contributed by atoms with Crippen LogP contribution in [-0.2, 0) is 33.6 Å². The van der Waals surface area contributed by atoms with Crippen molar-refractivity contribution in [2.24, 2.45) is 0 Å². The summed E-state index contributed by atoms with van der Waals surface area (Å²) in [5, 5.41) is 2.78. The molecule has 0 spiro atoms. The molecule has 0 radical (unpaired) electrons. The van der Waals surface area contributed by atoms with Crippen molar-refractivity contribution >= 4 is 17.6 Å². The lowest BCUT2D eigenvalue weighted by atomic mass is 10.1. The molecule has 154 valence electrons. The second-order valence-corrected chi connectivity index (χ2v) is 7.53. The average molecular weight is 404 g/mol. The second-order valence-electron chi connectivity index (χ2n) is 7.53. The Labute approximate surface area is 175 Å². The van der Waals surface area contributed by atoms with Crippen LogP contribution in [0.1, 0.15) is 35.4 Å². The summed E-state index contributed by atoms with van der Waals surface area (Å²) in [6.45, 7) is 1.71. The first-order valence-electron chi connectivity index (χ1n) is 10.2. The van der Waals surface area contributed by atoms with Crippen molar-refractivity contribution in [3.05, 3.63) is 71.2 Å². The molecule has 1 aromatic heterocycles. The van der Waals surface area contributed by atoms with Gasteiger partial charge in [-0.05, 0) is 49.4 Å². The Hall–Kier alpha value is -3.41. The molecule has 0 aliphatic heterocycles. The number of esters is 1. The van der Waals surface area contributed by atoms with Gasteiger partial charge in [0.1, 0.15) is 0 Å². The van der Waals surface area contributed by atoms with Gasteiger partial charge in [-0.3, -0.25) is 9.59 Å². The molecule has 2 aromatic carbocycles. The van der Waals surface area contributed by atoms with Crippen LogP contribution < -0.4 is 5.32 Å². The van der Waals surface area contributed by atoms with Crippen molar-refractivity contribution in [2.45, 2.75) is 39.0 Å². The minimum atomic E-state index is -0.464. The lowest BCUT2D eigenvalue weighted by Crippen LogP contribution is -2.21. The van der Waals surface area contributed by atoms with E-state index in [0.29, 0.717) is 18.1 Å². The number of anilines is 1. The topological polar surface area (TPSA) is 81.4 Å². The number of hydrogen-bond acceptors (Lipinski definition) is 5. The van der Waals surface area contributed by atoms with Crippen molar-refractivity contribution in [1.82, 2.24) is 4.98 Å². The number of aryl methyl sites for hydroxylation is 4. The summed E-state index contributed by atoms with van der Waals surface area (Å²) in [7, 11) is 0. The van der Waals surface area contributed by atoms with Crippen molar-refractivity contribution in [3.63, 3.8) is 0 Å². The summed E-state index contributed by atoms with van der Waals surface area (Å²) in [4.78, 5) is 28.2. The highest BCUT2D eigenvalue weighted by atomic mass is 16.5. The van der Waals surface area contributed by atoms with Crippen LogP contribution >= 0.6 is 0 Å². The highest BCUT2D eigenvalue weighted by molar-refractivity contribution is 5.92. The molecule has 0 bridgehead atoms. The molecule has 6 heteroatoms. The molecule has 1 heterocycles. The van der Waals surface area contributed by atoms with Crippen LogP contribution in [0.4, 0.5) is 5.69 Å². The molecule has 1 aliphatic rings. The summed E-state index contributed by atoms with van der Waals surface area (Å²) < 4.78 is 10.8. The maximum absolute atomic E-state index is 12.1. The van der Waals surface area contributed by atoms with E-state index in [2.05, 4.69) is 10.3 Å². The molecular weight excluding hydrogens is 380 g/mol. The summed E-state index contributed by atoms with van der Waals surface area (Å²) >= 11 is 0. The molecule has 1 aliphatic carbocycles. The zero-order chi connectivity index (χ0) is 20.9. The Bertz CT molecular complexity index is 1050. The minimum Gasteiger partial charge on any atom is -0.456 e.